The first-order valence-corrected chi connectivity index (χ1v) is 8.67. The van der Waals surface area contributed by atoms with Gasteiger partial charge >= 0.3 is 6.09 Å². The van der Waals surface area contributed by atoms with Gasteiger partial charge < -0.3 is 20.5 Å². The Morgan fingerprint density at radius 1 is 1.38 bits per heavy atom. The molecule has 1 amide bonds. The van der Waals surface area contributed by atoms with Gasteiger partial charge in [-0.2, -0.15) is 5.10 Å². The van der Waals surface area contributed by atoms with Gasteiger partial charge in [0.1, 0.15) is 17.3 Å². The Kier molecular flexibility index (Phi) is 4.34. The fourth-order valence-corrected chi connectivity index (χ4v) is 3.83. The molecule has 2 aromatic rings. The Balaban J connectivity index is 2.24. The number of nitrogens with zero attached hydrogens (tertiary/aromatic N) is 3. The summed E-state index contributed by atoms with van der Waals surface area (Å²) in [5.74, 6) is 1.15. The first kappa shape index (κ1) is 18.1. The second-order valence-corrected chi connectivity index (χ2v) is 7.78. The zero-order valence-corrected chi connectivity index (χ0v) is 15.9. The van der Waals surface area contributed by atoms with Crippen LogP contribution in [0.4, 0.5) is 10.6 Å². The van der Waals surface area contributed by atoms with Crippen LogP contribution >= 0.6 is 0 Å². The lowest BCUT2D eigenvalue weighted by molar-refractivity contribution is 0.0761. The van der Waals surface area contributed by atoms with Crippen molar-refractivity contribution in [2.24, 2.45) is 5.41 Å². The number of rotatable bonds is 2. The maximum Gasteiger partial charge on any atom is 0.407 e. The number of benzene rings is 1. The second-order valence-electron chi connectivity index (χ2n) is 7.78. The third-order valence-electron chi connectivity index (χ3n) is 4.91. The summed E-state index contributed by atoms with van der Waals surface area (Å²) in [6.07, 6.45) is -0.393. The average Bonchev–Trinajstić information content (AvgIpc) is 2.89. The molecule has 0 spiro atoms. The van der Waals surface area contributed by atoms with Crippen molar-refractivity contribution in [1.82, 2.24) is 14.7 Å². The Labute approximate surface area is 153 Å². The zero-order valence-electron chi connectivity index (χ0n) is 15.9. The molecule has 3 rings (SSSR count). The van der Waals surface area contributed by atoms with Crippen molar-refractivity contribution < 1.29 is 14.6 Å². The number of ether oxygens (including phenoxy) is 1. The van der Waals surface area contributed by atoms with E-state index >= 15 is 0 Å². The molecule has 140 valence electrons. The van der Waals surface area contributed by atoms with Crippen LogP contribution in [0.15, 0.2) is 18.2 Å². The Bertz CT molecular complexity index is 851. The molecule has 0 fully saturated rings. The number of hydrogen-bond acceptors (Lipinski definition) is 4. The van der Waals surface area contributed by atoms with Gasteiger partial charge in [0, 0.05) is 18.5 Å². The minimum Gasteiger partial charge on any atom is -0.494 e. The van der Waals surface area contributed by atoms with Crippen LogP contribution in [0.25, 0.3) is 5.69 Å². The van der Waals surface area contributed by atoms with Gasteiger partial charge in [-0.3, -0.25) is 0 Å². The monoisotopic (exact) mass is 358 g/mol. The number of fused-ring (bicyclic) bond motifs is 1. The smallest absolute Gasteiger partial charge is 0.407 e. The van der Waals surface area contributed by atoms with E-state index in [1.165, 1.54) is 4.90 Å². The summed E-state index contributed by atoms with van der Waals surface area (Å²) in [6.45, 7) is 8.45. The summed E-state index contributed by atoms with van der Waals surface area (Å²) in [6, 6.07) is 5.41. The van der Waals surface area contributed by atoms with E-state index in [0.717, 1.165) is 22.5 Å². The highest BCUT2D eigenvalue weighted by atomic mass is 16.5. The van der Waals surface area contributed by atoms with Crippen LogP contribution in [0.3, 0.4) is 0 Å². The largest absolute Gasteiger partial charge is 0.494 e. The SMILES string of the molecule is COc1cccc(C)c1-n1nc2c(c1N)C(C(C)(C)C)N(C(=O)O)CC2. The topological polar surface area (TPSA) is 93.6 Å². The molecule has 7 heteroatoms. The highest BCUT2D eigenvalue weighted by molar-refractivity contribution is 5.68. The number of para-hydroxylation sites is 1. The van der Waals surface area contributed by atoms with Crippen LogP contribution in [-0.2, 0) is 6.42 Å². The highest BCUT2D eigenvalue weighted by Gasteiger charge is 2.42. The maximum atomic E-state index is 11.8. The molecule has 1 aliphatic heterocycles. The van der Waals surface area contributed by atoms with E-state index in [0.29, 0.717) is 24.5 Å². The minimum absolute atomic E-state index is 0.314. The van der Waals surface area contributed by atoms with Gasteiger partial charge in [-0.25, -0.2) is 9.48 Å². The molecule has 1 aromatic heterocycles. The number of methoxy groups -OCH3 is 1. The van der Waals surface area contributed by atoms with Gasteiger partial charge in [-0.1, -0.05) is 32.9 Å². The summed E-state index contributed by atoms with van der Waals surface area (Å²) in [5, 5.41) is 14.4. The lowest BCUT2D eigenvalue weighted by Crippen LogP contribution is -2.44. The molecule has 1 aromatic carbocycles. The molecule has 1 unspecified atom stereocenters. The van der Waals surface area contributed by atoms with Gasteiger partial charge in [0.25, 0.3) is 0 Å². The van der Waals surface area contributed by atoms with Crippen molar-refractivity contribution in [2.45, 2.75) is 40.2 Å². The Morgan fingerprint density at radius 2 is 2.08 bits per heavy atom. The third-order valence-corrected chi connectivity index (χ3v) is 4.91. The number of carboxylic acid groups (broad SMARTS) is 1. The van der Waals surface area contributed by atoms with E-state index in [2.05, 4.69) is 0 Å². The van der Waals surface area contributed by atoms with Crippen molar-refractivity contribution in [2.75, 3.05) is 19.4 Å². The fraction of sp³-hybridized carbons (Fsp3) is 0.474. The van der Waals surface area contributed by atoms with Crippen LogP contribution in [0.2, 0.25) is 0 Å². The molecular weight excluding hydrogens is 332 g/mol. The fourth-order valence-electron chi connectivity index (χ4n) is 3.83. The number of nitrogen functional groups attached to an aromatic ring is 1. The number of carbonyl (C=O) groups is 1. The lowest BCUT2D eigenvalue weighted by Gasteiger charge is -2.41. The summed E-state index contributed by atoms with van der Waals surface area (Å²) in [7, 11) is 1.61. The third kappa shape index (κ3) is 2.77. The first-order valence-electron chi connectivity index (χ1n) is 8.67. The van der Waals surface area contributed by atoms with E-state index in [9.17, 15) is 9.90 Å². The molecule has 26 heavy (non-hydrogen) atoms. The van der Waals surface area contributed by atoms with Crippen molar-refractivity contribution in [1.29, 1.82) is 0 Å². The molecule has 0 saturated carbocycles. The Morgan fingerprint density at radius 3 is 2.65 bits per heavy atom. The van der Waals surface area contributed by atoms with Gasteiger partial charge in [0.2, 0.25) is 0 Å². The lowest BCUT2D eigenvalue weighted by atomic mass is 9.79. The number of hydrogen-bond donors (Lipinski definition) is 2. The molecule has 0 bridgehead atoms. The molecule has 0 radical (unpaired) electrons. The number of aromatic nitrogens is 2. The molecule has 1 atom stereocenters. The van der Waals surface area contributed by atoms with Gasteiger partial charge in [-0.15, -0.1) is 0 Å². The molecule has 0 aliphatic carbocycles. The van der Waals surface area contributed by atoms with Crippen molar-refractivity contribution in [3.8, 4) is 11.4 Å². The molecular formula is C19H26N4O3. The van der Waals surface area contributed by atoms with Crippen LogP contribution < -0.4 is 10.5 Å². The average molecular weight is 358 g/mol. The van der Waals surface area contributed by atoms with Gasteiger partial charge in [0.15, 0.2) is 0 Å². The summed E-state index contributed by atoms with van der Waals surface area (Å²) in [5.41, 5.74) is 9.64. The van der Waals surface area contributed by atoms with Crippen LogP contribution in [-0.4, -0.2) is 39.5 Å². The van der Waals surface area contributed by atoms with Crippen LogP contribution in [0.1, 0.15) is 43.6 Å². The van der Waals surface area contributed by atoms with E-state index < -0.39 is 6.09 Å². The molecule has 2 heterocycles. The number of anilines is 1. The van der Waals surface area contributed by atoms with Crippen molar-refractivity contribution >= 4 is 11.9 Å². The predicted molar refractivity (Wildman–Crippen MR) is 99.9 cm³/mol. The summed E-state index contributed by atoms with van der Waals surface area (Å²) < 4.78 is 7.20. The molecule has 7 nitrogen and oxygen atoms in total. The standard InChI is InChI=1S/C19H26N4O3/c1-11-7-6-8-13(26-5)15(11)23-17(20)14-12(21-23)9-10-22(18(24)25)16(14)19(2,3)4/h6-8,16H,9-10,20H2,1-5H3,(H,24,25). The maximum absolute atomic E-state index is 11.8. The minimum atomic E-state index is -0.934. The van der Waals surface area contributed by atoms with E-state index in [-0.39, 0.29) is 11.5 Å². The predicted octanol–water partition coefficient (Wildman–Crippen LogP) is 3.39. The quantitative estimate of drug-likeness (QED) is 0.858. The normalized spacial score (nSPS) is 17.1. The summed E-state index contributed by atoms with van der Waals surface area (Å²) in [4.78, 5) is 13.3. The van der Waals surface area contributed by atoms with Gasteiger partial charge in [0.05, 0.1) is 18.8 Å². The van der Waals surface area contributed by atoms with Crippen LogP contribution in [0.5, 0.6) is 5.75 Å². The van der Waals surface area contributed by atoms with Crippen molar-refractivity contribution in [3.63, 3.8) is 0 Å². The summed E-state index contributed by atoms with van der Waals surface area (Å²) >= 11 is 0. The number of amides is 1. The van der Waals surface area contributed by atoms with Crippen LogP contribution in [0, 0.1) is 12.3 Å². The molecule has 3 N–H and O–H groups in total. The van der Waals surface area contributed by atoms with Crippen molar-refractivity contribution in [3.05, 3.63) is 35.0 Å². The van der Waals surface area contributed by atoms with E-state index in [1.807, 2.05) is 45.9 Å². The van der Waals surface area contributed by atoms with E-state index in [1.54, 1.807) is 11.8 Å². The number of aryl methyl sites for hydroxylation is 1. The zero-order chi connectivity index (χ0) is 19.2. The number of nitrogens with two attached hydrogens (primary N) is 1. The Hall–Kier alpha value is -2.70. The highest BCUT2D eigenvalue weighted by Crippen LogP contribution is 2.45. The molecule has 0 saturated heterocycles. The van der Waals surface area contributed by atoms with Gasteiger partial charge in [-0.05, 0) is 24.0 Å². The molecule has 1 aliphatic rings. The second kappa shape index (κ2) is 6.23. The first-order chi connectivity index (χ1) is 12.2. The van der Waals surface area contributed by atoms with E-state index in [4.69, 9.17) is 15.6 Å².